The molecule has 29 heavy (non-hydrogen) atoms. The summed E-state index contributed by atoms with van der Waals surface area (Å²) in [6.45, 7) is 5.56. The smallest absolute Gasteiger partial charge is 0.407 e. The van der Waals surface area contributed by atoms with E-state index in [-0.39, 0.29) is 18.1 Å². The molecule has 0 saturated heterocycles. The Kier molecular flexibility index (Phi) is 4.97. The van der Waals surface area contributed by atoms with E-state index in [0.717, 1.165) is 40.6 Å². The van der Waals surface area contributed by atoms with E-state index in [4.69, 9.17) is 15.5 Å². The maximum absolute atomic E-state index is 12.1. The molecular formula is C19H24BrN7O2. The number of halogens is 1. The highest BCUT2D eigenvalue weighted by Gasteiger charge is 2.32. The average Bonchev–Trinajstić information content (AvgIpc) is 3.36. The number of rotatable bonds is 3. The zero-order valence-corrected chi connectivity index (χ0v) is 18.2. The van der Waals surface area contributed by atoms with Crippen molar-refractivity contribution in [3.05, 3.63) is 28.8 Å². The van der Waals surface area contributed by atoms with Gasteiger partial charge in [-0.05, 0) is 56.0 Å². The third kappa shape index (κ3) is 3.93. The molecule has 0 bridgehead atoms. The molecule has 4 N–H and O–H groups in total. The highest BCUT2D eigenvalue weighted by atomic mass is 79.9. The minimum atomic E-state index is -0.516. The van der Waals surface area contributed by atoms with Gasteiger partial charge in [0.25, 0.3) is 0 Å². The molecule has 4 rings (SSSR count). The summed E-state index contributed by atoms with van der Waals surface area (Å²) in [5.41, 5.74) is 9.15. The van der Waals surface area contributed by atoms with Crippen LogP contribution in [-0.2, 0) is 4.74 Å². The number of ether oxygens (including phenoxy) is 1. The van der Waals surface area contributed by atoms with Crippen LogP contribution in [-0.4, -0.2) is 42.5 Å². The van der Waals surface area contributed by atoms with E-state index in [1.54, 1.807) is 23.1 Å². The number of nitrogens with zero attached hydrogens (tertiary/aromatic N) is 4. The molecule has 9 nitrogen and oxygen atoms in total. The van der Waals surface area contributed by atoms with Crippen molar-refractivity contribution in [1.82, 2.24) is 30.1 Å². The third-order valence-electron chi connectivity index (χ3n) is 5.00. The summed E-state index contributed by atoms with van der Waals surface area (Å²) in [4.78, 5) is 17.0. The molecule has 154 valence electrons. The number of hydrogen-bond acceptors (Lipinski definition) is 6. The van der Waals surface area contributed by atoms with E-state index < -0.39 is 5.60 Å². The predicted octanol–water partition coefficient (Wildman–Crippen LogP) is 3.62. The van der Waals surface area contributed by atoms with Crippen LogP contribution in [0.25, 0.3) is 16.8 Å². The van der Waals surface area contributed by atoms with Crippen molar-refractivity contribution < 1.29 is 9.53 Å². The van der Waals surface area contributed by atoms with Crippen LogP contribution in [0.1, 0.15) is 51.6 Å². The Hall–Kier alpha value is -2.62. The van der Waals surface area contributed by atoms with Gasteiger partial charge in [-0.15, -0.1) is 0 Å². The number of carbonyl (C=O) groups excluding carboxylic acids is 1. The molecule has 3 aromatic heterocycles. The first-order valence-corrected chi connectivity index (χ1v) is 10.3. The molecular weight excluding hydrogens is 438 g/mol. The van der Waals surface area contributed by atoms with E-state index in [2.05, 4.69) is 36.5 Å². The molecule has 3 aromatic rings. The van der Waals surface area contributed by atoms with Crippen LogP contribution >= 0.6 is 15.9 Å². The molecule has 1 aliphatic carbocycles. The molecule has 1 fully saturated rings. The number of carbonyl (C=O) groups is 1. The number of H-pyrrole nitrogens is 1. The Morgan fingerprint density at radius 3 is 2.86 bits per heavy atom. The van der Waals surface area contributed by atoms with Crippen LogP contribution in [0.5, 0.6) is 0 Å². The van der Waals surface area contributed by atoms with Gasteiger partial charge in [0.15, 0.2) is 5.65 Å². The maximum atomic E-state index is 12.1. The predicted molar refractivity (Wildman–Crippen MR) is 112 cm³/mol. The van der Waals surface area contributed by atoms with Crippen LogP contribution in [0.2, 0.25) is 0 Å². The summed E-state index contributed by atoms with van der Waals surface area (Å²) in [5.74, 6) is 0.673. The summed E-state index contributed by atoms with van der Waals surface area (Å²) >= 11 is 3.60. The van der Waals surface area contributed by atoms with Crippen LogP contribution in [0, 0.1) is 0 Å². The SMILES string of the molecule is CC(C)(C)OC(=O)N[C@H]1CC[C@@H](c2nc3c(-c4cn[nH]c4)cnn3c(N)c2Br)C1. The highest BCUT2D eigenvalue weighted by Crippen LogP contribution is 2.40. The summed E-state index contributed by atoms with van der Waals surface area (Å²) in [5, 5.41) is 14.2. The normalized spacial score (nSPS) is 19.6. The van der Waals surface area contributed by atoms with Gasteiger partial charge in [0.1, 0.15) is 11.4 Å². The number of alkyl carbamates (subject to hydrolysis) is 1. The van der Waals surface area contributed by atoms with Crippen molar-refractivity contribution in [3.8, 4) is 11.1 Å². The number of anilines is 1. The number of aromatic amines is 1. The molecule has 3 heterocycles. The fraction of sp³-hybridized carbons (Fsp3) is 0.474. The van der Waals surface area contributed by atoms with Crippen LogP contribution < -0.4 is 11.1 Å². The van der Waals surface area contributed by atoms with E-state index in [9.17, 15) is 4.79 Å². The Balaban J connectivity index is 1.59. The average molecular weight is 462 g/mol. The first-order valence-electron chi connectivity index (χ1n) is 9.54. The Bertz CT molecular complexity index is 1040. The Morgan fingerprint density at radius 1 is 1.38 bits per heavy atom. The van der Waals surface area contributed by atoms with Gasteiger partial charge >= 0.3 is 6.09 Å². The second-order valence-electron chi connectivity index (χ2n) is 8.33. The largest absolute Gasteiger partial charge is 0.444 e. The lowest BCUT2D eigenvalue weighted by molar-refractivity contribution is 0.0505. The first-order chi connectivity index (χ1) is 13.7. The van der Waals surface area contributed by atoms with Crippen molar-refractivity contribution >= 4 is 33.5 Å². The monoisotopic (exact) mass is 461 g/mol. The van der Waals surface area contributed by atoms with Gasteiger partial charge in [-0.3, -0.25) is 5.10 Å². The molecule has 10 heteroatoms. The second-order valence-corrected chi connectivity index (χ2v) is 9.12. The molecule has 1 amide bonds. The van der Waals surface area contributed by atoms with Gasteiger partial charge in [-0.25, -0.2) is 9.78 Å². The van der Waals surface area contributed by atoms with E-state index in [1.165, 1.54) is 0 Å². The minimum Gasteiger partial charge on any atom is -0.444 e. The fourth-order valence-corrected chi connectivity index (χ4v) is 4.30. The summed E-state index contributed by atoms with van der Waals surface area (Å²) in [6.07, 6.45) is 7.41. The lowest BCUT2D eigenvalue weighted by Crippen LogP contribution is -2.37. The number of aromatic nitrogens is 5. The number of amides is 1. The molecule has 0 radical (unpaired) electrons. The highest BCUT2D eigenvalue weighted by molar-refractivity contribution is 9.10. The van der Waals surface area contributed by atoms with Crippen molar-refractivity contribution in [2.45, 2.75) is 57.6 Å². The van der Waals surface area contributed by atoms with Crippen molar-refractivity contribution in [2.24, 2.45) is 0 Å². The molecule has 0 aromatic carbocycles. The second kappa shape index (κ2) is 7.33. The molecule has 0 aliphatic heterocycles. The Morgan fingerprint density at radius 2 is 2.17 bits per heavy atom. The van der Waals surface area contributed by atoms with Gasteiger partial charge < -0.3 is 15.8 Å². The summed E-state index contributed by atoms with van der Waals surface area (Å²) in [6, 6.07) is 0.0410. The first kappa shape index (κ1) is 19.7. The van der Waals surface area contributed by atoms with Crippen LogP contribution in [0.3, 0.4) is 0 Å². The number of nitrogens with two attached hydrogens (primary N) is 1. The number of nitrogen functional groups attached to an aromatic ring is 1. The quantitative estimate of drug-likeness (QED) is 0.546. The van der Waals surface area contributed by atoms with Gasteiger partial charge in [0.2, 0.25) is 0 Å². The van der Waals surface area contributed by atoms with Crippen molar-refractivity contribution in [2.75, 3.05) is 5.73 Å². The summed E-state index contributed by atoms with van der Waals surface area (Å²) < 4.78 is 7.74. The number of fused-ring (bicyclic) bond motifs is 1. The molecule has 1 aliphatic rings. The number of nitrogens with one attached hydrogen (secondary N) is 2. The fourth-order valence-electron chi connectivity index (χ4n) is 3.72. The van der Waals surface area contributed by atoms with Gasteiger partial charge in [0.05, 0.1) is 22.6 Å². The van der Waals surface area contributed by atoms with Gasteiger partial charge in [-0.1, -0.05) is 0 Å². The molecule has 0 unspecified atom stereocenters. The maximum Gasteiger partial charge on any atom is 0.407 e. The van der Waals surface area contributed by atoms with E-state index >= 15 is 0 Å². The van der Waals surface area contributed by atoms with Crippen molar-refractivity contribution in [3.63, 3.8) is 0 Å². The standard InChI is InChI=1S/C19H24BrN7O2/c1-19(2,3)29-18(28)25-12-5-4-10(6-12)15-14(20)16(21)27-17(26-15)13(9-24-27)11-7-22-23-8-11/h7-10,12H,4-6,21H2,1-3H3,(H,22,23)(H,25,28)/t10-,12+/m1/s1. The number of hydrogen-bond donors (Lipinski definition) is 3. The molecule has 2 atom stereocenters. The topological polar surface area (TPSA) is 123 Å². The zero-order valence-electron chi connectivity index (χ0n) is 16.6. The molecule has 1 saturated carbocycles. The van der Waals surface area contributed by atoms with E-state index in [0.29, 0.717) is 11.5 Å². The van der Waals surface area contributed by atoms with Crippen LogP contribution in [0.15, 0.2) is 23.1 Å². The minimum absolute atomic E-state index is 0.0410. The summed E-state index contributed by atoms with van der Waals surface area (Å²) in [7, 11) is 0. The Labute approximate surface area is 176 Å². The zero-order chi connectivity index (χ0) is 20.8. The molecule has 0 spiro atoms. The lowest BCUT2D eigenvalue weighted by atomic mass is 10.0. The lowest BCUT2D eigenvalue weighted by Gasteiger charge is -2.22. The third-order valence-corrected chi connectivity index (χ3v) is 5.81. The van der Waals surface area contributed by atoms with E-state index in [1.807, 2.05) is 20.8 Å². The van der Waals surface area contributed by atoms with Crippen LogP contribution in [0.4, 0.5) is 10.6 Å². The van der Waals surface area contributed by atoms with Gasteiger partial charge in [-0.2, -0.15) is 14.7 Å². The van der Waals surface area contributed by atoms with Gasteiger partial charge in [0, 0.05) is 29.3 Å². The van der Waals surface area contributed by atoms with Crippen molar-refractivity contribution in [1.29, 1.82) is 0 Å².